The second-order valence-electron chi connectivity index (χ2n) is 8.48. The van der Waals surface area contributed by atoms with E-state index in [0.29, 0.717) is 6.04 Å². The predicted molar refractivity (Wildman–Crippen MR) is 121 cm³/mol. The third-order valence-electron chi connectivity index (χ3n) is 6.45. The molecule has 29 heavy (non-hydrogen) atoms. The van der Waals surface area contributed by atoms with Gasteiger partial charge in [0.25, 0.3) is 0 Å². The molecule has 1 fully saturated rings. The Morgan fingerprint density at radius 3 is 2.55 bits per heavy atom. The van der Waals surface area contributed by atoms with Gasteiger partial charge in [-0.1, -0.05) is 39.7 Å². The van der Waals surface area contributed by atoms with Crippen molar-refractivity contribution in [2.45, 2.75) is 50.9 Å². The zero-order chi connectivity index (χ0) is 20.2. The molecule has 0 unspecified atom stereocenters. The van der Waals surface area contributed by atoms with Gasteiger partial charge in [-0.05, 0) is 49.7 Å². The first kappa shape index (κ1) is 19.4. The molecule has 1 atom stereocenters. The summed E-state index contributed by atoms with van der Waals surface area (Å²) in [5.74, 6) is 1.00. The van der Waals surface area contributed by atoms with Gasteiger partial charge in [-0.25, -0.2) is 5.01 Å². The minimum atomic E-state index is -0.370. The smallest absolute Gasteiger partial charge is 0.200 e. The predicted octanol–water partition coefficient (Wildman–Crippen LogP) is 5.85. The Labute approximate surface area is 185 Å². The zero-order valence-corrected chi connectivity index (χ0v) is 19.1. The van der Waals surface area contributed by atoms with Crippen LogP contribution in [-0.2, 0) is 0 Å². The topological polar surface area (TPSA) is 28.1 Å². The number of rotatable bonds is 2. The van der Waals surface area contributed by atoms with E-state index in [0.717, 1.165) is 58.9 Å². The van der Waals surface area contributed by atoms with E-state index in [-0.39, 0.29) is 11.8 Å². The molecule has 0 N–H and O–H groups in total. The zero-order valence-electron chi connectivity index (χ0n) is 16.7. The van der Waals surface area contributed by atoms with Gasteiger partial charge in [0.15, 0.2) is 0 Å². The van der Waals surface area contributed by atoms with Crippen molar-refractivity contribution in [3.8, 4) is 5.75 Å². The molecule has 0 bridgehead atoms. The fourth-order valence-corrected chi connectivity index (χ4v) is 5.29. The van der Waals surface area contributed by atoms with E-state index in [1.54, 1.807) is 0 Å². The lowest BCUT2D eigenvalue weighted by atomic mass is 9.90. The van der Waals surface area contributed by atoms with Crippen molar-refractivity contribution >= 4 is 33.2 Å². The third-order valence-corrected chi connectivity index (χ3v) is 7.19. The van der Waals surface area contributed by atoms with Crippen molar-refractivity contribution in [3.63, 3.8) is 0 Å². The molecule has 0 saturated carbocycles. The normalized spacial score (nSPS) is 23.0. The van der Waals surface area contributed by atoms with E-state index < -0.39 is 0 Å². The van der Waals surface area contributed by atoms with Crippen LogP contribution in [0.5, 0.6) is 5.75 Å². The summed E-state index contributed by atoms with van der Waals surface area (Å²) in [6.45, 7) is 6.58. The molecular weight excluding hydrogens is 450 g/mol. The molecule has 1 spiro atoms. The van der Waals surface area contributed by atoms with Crippen molar-refractivity contribution in [1.29, 1.82) is 0 Å². The SMILES string of the molecule is CC(C)N1CCC2(CC1)Oc1ccc(Br)cc1[C@@H]1CC(c3ccc(Cl)cc3)=NN12. The summed E-state index contributed by atoms with van der Waals surface area (Å²) < 4.78 is 7.79. The van der Waals surface area contributed by atoms with Gasteiger partial charge < -0.3 is 9.64 Å². The average Bonchev–Trinajstić information content (AvgIpc) is 3.16. The lowest BCUT2D eigenvalue weighted by Crippen LogP contribution is -2.59. The number of hydrogen-bond acceptors (Lipinski definition) is 4. The Bertz CT molecular complexity index is 951. The standard InChI is InChI=1S/C23H25BrClN3O/c1-15(2)27-11-9-23(10-12-27)28-21(19-13-17(24)5-8-22(19)29-23)14-20(26-28)16-3-6-18(25)7-4-16/h3-8,13,15,21H,9-12,14H2,1-2H3/t21-/m0/s1. The van der Waals surface area contributed by atoms with Gasteiger partial charge in [0.1, 0.15) is 5.75 Å². The van der Waals surface area contributed by atoms with Gasteiger partial charge >= 0.3 is 0 Å². The molecule has 152 valence electrons. The Hall–Kier alpha value is -1.56. The van der Waals surface area contributed by atoms with E-state index >= 15 is 0 Å². The molecule has 0 radical (unpaired) electrons. The van der Waals surface area contributed by atoms with Crippen LogP contribution in [0.2, 0.25) is 5.02 Å². The molecule has 2 aromatic carbocycles. The van der Waals surface area contributed by atoms with Crippen LogP contribution in [-0.4, -0.2) is 40.5 Å². The van der Waals surface area contributed by atoms with Crippen LogP contribution in [0.4, 0.5) is 0 Å². The van der Waals surface area contributed by atoms with E-state index in [4.69, 9.17) is 21.4 Å². The highest BCUT2D eigenvalue weighted by Crippen LogP contribution is 2.50. The minimum Gasteiger partial charge on any atom is -0.466 e. The maximum Gasteiger partial charge on any atom is 0.200 e. The fourth-order valence-electron chi connectivity index (χ4n) is 4.79. The summed E-state index contributed by atoms with van der Waals surface area (Å²) in [6.07, 6.45) is 2.78. The summed E-state index contributed by atoms with van der Waals surface area (Å²) in [5.41, 5.74) is 3.08. The van der Waals surface area contributed by atoms with Gasteiger partial charge in [0.2, 0.25) is 5.72 Å². The highest BCUT2D eigenvalue weighted by atomic mass is 79.9. The molecule has 3 aliphatic heterocycles. The quantitative estimate of drug-likeness (QED) is 0.547. The maximum absolute atomic E-state index is 6.71. The number of piperidine rings is 1. The highest BCUT2D eigenvalue weighted by molar-refractivity contribution is 9.10. The van der Waals surface area contributed by atoms with Crippen molar-refractivity contribution in [2.75, 3.05) is 13.1 Å². The Morgan fingerprint density at radius 1 is 1.14 bits per heavy atom. The minimum absolute atomic E-state index is 0.201. The van der Waals surface area contributed by atoms with Crippen molar-refractivity contribution in [2.24, 2.45) is 5.10 Å². The van der Waals surface area contributed by atoms with Crippen LogP contribution in [0, 0.1) is 0 Å². The second-order valence-corrected chi connectivity index (χ2v) is 9.83. The van der Waals surface area contributed by atoms with Crippen LogP contribution in [0.3, 0.4) is 0 Å². The number of benzene rings is 2. The molecule has 0 aromatic heterocycles. The van der Waals surface area contributed by atoms with E-state index in [9.17, 15) is 0 Å². The van der Waals surface area contributed by atoms with Gasteiger partial charge in [0, 0.05) is 53.5 Å². The second kappa shape index (κ2) is 7.29. The highest BCUT2D eigenvalue weighted by Gasteiger charge is 2.52. The van der Waals surface area contributed by atoms with E-state index in [1.165, 1.54) is 5.56 Å². The lowest BCUT2D eigenvalue weighted by molar-refractivity contribution is -0.152. The van der Waals surface area contributed by atoms with Gasteiger partial charge in [-0.15, -0.1) is 0 Å². The number of hydrogen-bond donors (Lipinski definition) is 0. The van der Waals surface area contributed by atoms with Gasteiger partial charge in [-0.3, -0.25) is 0 Å². The maximum atomic E-state index is 6.71. The molecule has 2 aromatic rings. The fraction of sp³-hybridized carbons (Fsp3) is 0.435. The van der Waals surface area contributed by atoms with Crippen LogP contribution in [0.15, 0.2) is 52.0 Å². The van der Waals surface area contributed by atoms with E-state index in [2.05, 4.69) is 70.0 Å². The Morgan fingerprint density at radius 2 is 1.86 bits per heavy atom. The summed E-state index contributed by atoms with van der Waals surface area (Å²) in [5, 5.41) is 8.15. The number of halogens is 2. The van der Waals surface area contributed by atoms with Gasteiger partial charge in [0.05, 0.1) is 11.8 Å². The number of hydrazone groups is 1. The first-order chi connectivity index (χ1) is 13.9. The molecule has 3 heterocycles. The first-order valence-corrected chi connectivity index (χ1v) is 11.5. The van der Waals surface area contributed by atoms with Crippen LogP contribution in [0.25, 0.3) is 0 Å². The van der Waals surface area contributed by atoms with Crippen molar-refractivity contribution in [1.82, 2.24) is 9.91 Å². The summed E-state index contributed by atoms with van der Waals surface area (Å²) >= 11 is 9.73. The van der Waals surface area contributed by atoms with Crippen molar-refractivity contribution < 1.29 is 4.74 Å². The van der Waals surface area contributed by atoms with Crippen LogP contribution in [0.1, 0.15) is 50.3 Å². The Balaban J connectivity index is 1.54. The molecule has 1 saturated heterocycles. The molecule has 6 heteroatoms. The number of likely N-dealkylation sites (tertiary alicyclic amines) is 1. The summed E-state index contributed by atoms with van der Waals surface area (Å²) in [6, 6.07) is 15.1. The third kappa shape index (κ3) is 3.37. The first-order valence-electron chi connectivity index (χ1n) is 10.3. The number of nitrogens with zero attached hydrogens (tertiary/aromatic N) is 3. The van der Waals surface area contributed by atoms with Crippen LogP contribution >= 0.6 is 27.5 Å². The van der Waals surface area contributed by atoms with E-state index in [1.807, 2.05) is 12.1 Å². The monoisotopic (exact) mass is 473 g/mol. The lowest BCUT2D eigenvalue weighted by Gasteiger charge is -2.51. The average molecular weight is 475 g/mol. The van der Waals surface area contributed by atoms with Gasteiger partial charge in [-0.2, -0.15) is 5.10 Å². The summed E-state index contributed by atoms with van der Waals surface area (Å²) in [7, 11) is 0. The largest absolute Gasteiger partial charge is 0.466 e. The Kier molecular flexibility index (Phi) is 4.88. The molecule has 3 aliphatic rings. The molecule has 4 nitrogen and oxygen atoms in total. The number of ether oxygens (including phenoxy) is 1. The molecule has 0 aliphatic carbocycles. The molecular formula is C23H25BrClN3O. The number of fused-ring (bicyclic) bond motifs is 4. The molecule has 5 rings (SSSR count). The summed E-state index contributed by atoms with van der Waals surface area (Å²) in [4.78, 5) is 2.53. The molecule has 0 amide bonds. The van der Waals surface area contributed by atoms with Crippen molar-refractivity contribution in [3.05, 3.63) is 63.1 Å². The van der Waals surface area contributed by atoms with Crippen LogP contribution < -0.4 is 4.74 Å².